The summed E-state index contributed by atoms with van der Waals surface area (Å²) >= 11 is 3.60. The Labute approximate surface area is 192 Å². The smallest absolute Gasteiger partial charge is 0.262 e. The first-order chi connectivity index (χ1) is 15.1. The van der Waals surface area contributed by atoms with Gasteiger partial charge in [0.1, 0.15) is 0 Å². The number of carbonyl (C=O) groups is 1. The van der Waals surface area contributed by atoms with Crippen LogP contribution < -0.4 is 20.1 Å². The fourth-order valence-electron chi connectivity index (χ4n) is 3.31. The van der Waals surface area contributed by atoms with Crippen molar-refractivity contribution in [3.8, 4) is 11.5 Å². The highest BCUT2D eigenvalue weighted by molar-refractivity contribution is 9.10. The van der Waals surface area contributed by atoms with E-state index in [4.69, 9.17) is 14.2 Å². The monoisotopic (exact) mass is 491 g/mol. The van der Waals surface area contributed by atoms with Crippen molar-refractivity contribution >= 4 is 27.5 Å². The molecule has 8 heteroatoms. The Balaban J connectivity index is 1.58. The lowest BCUT2D eigenvalue weighted by molar-refractivity contribution is -0.118. The largest absolute Gasteiger partial charge is 0.493 e. The summed E-state index contributed by atoms with van der Waals surface area (Å²) in [5.41, 5.74) is 2.80. The Bertz CT molecular complexity index is 855. The minimum atomic E-state index is -0.225. The number of hydrogen-bond acceptors (Lipinski definition) is 6. The lowest BCUT2D eigenvalue weighted by Gasteiger charge is -2.26. The molecule has 1 amide bonds. The number of ether oxygens (including phenoxy) is 3. The highest BCUT2D eigenvalue weighted by Gasteiger charge is 2.16. The highest BCUT2D eigenvalue weighted by Crippen LogP contribution is 2.36. The minimum Gasteiger partial charge on any atom is -0.493 e. The van der Waals surface area contributed by atoms with Crippen molar-refractivity contribution in [1.29, 1.82) is 0 Å². The van der Waals surface area contributed by atoms with E-state index in [0.29, 0.717) is 18.0 Å². The standard InChI is InChI=1S/C23H30BrN3O4/c1-17-3-5-18(6-4-17)26-22(28)16-31-23-19(20(24)7-8-21(23)29-2)15-25-9-10-27-11-13-30-14-12-27/h3-8,25H,9-16H2,1-2H3,(H,26,28). The van der Waals surface area contributed by atoms with Crippen molar-refractivity contribution < 1.29 is 19.0 Å². The topological polar surface area (TPSA) is 72.1 Å². The Morgan fingerprint density at radius 3 is 2.61 bits per heavy atom. The second-order valence-corrected chi connectivity index (χ2v) is 8.25. The van der Waals surface area contributed by atoms with E-state index < -0.39 is 0 Å². The number of aryl methyl sites for hydroxylation is 1. The molecule has 7 nitrogen and oxygen atoms in total. The molecule has 2 aromatic rings. The molecule has 0 unspecified atom stereocenters. The number of methoxy groups -OCH3 is 1. The predicted octanol–water partition coefficient (Wildman–Crippen LogP) is 3.21. The van der Waals surface area contributed by atoms with Gasteiger partial charge >= 0.3 is 0 Å². The van der Waals surface area contributed by atoms with Crippen LogP contribution in [0.25, 0.3) is 0 Å². The van der Waals surface area contributed by atoms with E-state index in [-0.39, 0.29) is 12.5 Å². The second kappa shape index (κ2) is 12.0. The molecular weight excluding hydrogens is 462 g/mol. The van der Waals surface area contributed by atoms with E-state index in [1.807, 2.05) is 43.3 Å². The van der Waals surface area contributed by atoms with Gasteiger partial charge in [-0.05, 0) is 31.2 Å². The molecule has 0 radical (unpaired) electrons. The van der Waals surface area contributed by atoms with Gasteiger partial charge in [0, 0.05) is 48.4 Å². The first-order valence-electron chi connectivity index (χ1n) is 10.4. The Morgan fingerprint density at radius 1 is 1.16 bits per heavy atom. The normalized spacial score (nSPS) is 14.3. The number of amides is 1. The number of anilines is 1. The predicted molar refractivity (Wildman–Crippen MR) is 125 cm³/mol. The number of rotatable bonds is 10. The SMILES string of the molecule is COc1ccc(Br)c(CNCCN2CCOCC2)c1OCC(=O)Nc1ccc(C)cc1. The summed E-state index contributed by atoms with van der Waals surface area (Å²) in [7, 11) is 1.60. The van der Waals surface area contributed by atoms with Crippen LogP contribution in [-0.4, -0.2) is 63.9 Å². The average Bonchev–Trinajstić information content (AvgIpc) is 2.78. The maximum atomic E-state index is 12.4. The average molecular weight is 492 g/mol. The van der Waals surface area contributed by atoms with Crippen LogP contribution in [0.2, 0.25) is 0 Å². The van der Waals surface area contributed by atoms with Gasteiger partial charge in [-0.1, -0.05) is 33.6 Å². The van der Waals surface area contributed by atoms with Crippen LogP contribution in [-0.2, 0) is 16.1 Å². The molecule has 2 aromatic carbocycles. The minimum absolute atomic E-state index is 0.110. The third-order valence-corrected chi connectivity index (χ3v) is 5.82. The molecule has 1 aliphatic rings. The number of halogens is 1. The van der Waals surface area contributed by atoms with E-state index in [1.165, 1.54) is 0 Å². The second-order valence-electron chi connectivity index (χ2n) is 7.39. The lowest BCUT2D eigenvalue weighted by Crippen LogP contribution is -2.40. The van der Waals surface area contributed by atoms with Gasteiger partial charge in [-0.2, -0.15) is 0 Å². The zero-order chi connectivity index (χ0) is 22.1. The number of nitrogens with one attached hydrogen (secondary N) is 2. The molecular formula is C23H30BrN3O4. The molecule has 0 saturated carbocycles. The summed E-state index contributed by atoms with van der Waals surface area (Å²) < 4.78 is 17.7. The van der Waals surface area contributed by atoms with Gasteiger partial charge in [0.15, 0.2) is 18.1 Å². The van der Waals surface area contributed by atoms with Crippen molar-refractivity contribution in [2.45, 2.75) is 13.5 Å². The maximum absolute atomic E-state index is 12.4. The fourth-order valence-corrected chi connectivity index (χ4v) is 3.77. The molecule has 168 valence electrons. The van der Waals surface area contributed by atoms with Gasteiger partial charge in [-0.15, -0.1) is 0 Å². The van der Waals surface area contributed by atoms with Crippen LogP contribution in [0.1, 0.15) is 11.1 Å². The van der Waals surface area contributed by atoms with Gasteiger partial charge < -0.3 is 24.8 Å². The van der Waals surface area contributed by atoms with Gasteiger partial charge in [0.2, 0.25) is 0 Å². The summed E-state index contributed by atoms with van der Waals surface area (Å²) in [6.45, 7) is 7.82. The van der Waals surface area contributed by atoms with Crippen molar-refractivity contribution in [3.63, 3.8) is 0 Å². The Kier molecular flexibility index (Phi) is 9.14. The quantitative estimate of drug-likeness (QED) is 0.497. The molecule has 3 rings (SSSR count). The number of morpholine rings is 1. The zero-order valence-electron chi connectivity index (χ0n) is 18.1. The summed E-state index contributed by atoms with van der Waals surface area (Å²) in [5.74, 6) is 0.934. The number of nitrogens with zero attached hydrogens (tertiary/aromatic N) is 1. The summed E-state index contributed by atoms with van der Waals surface area (Å²) in [5, 5.41) is 6.32. The van der Waals surface area contributed by atoms with Crippen LogP contribution in [0.4, 0.5) is 5.69 Å². The molecule has 1 heterocycles. The third kappa shape index (κ3) is 7.21. The molecule has 0 bridgehead atoms. The van der Waals surface area contributed by atoms with Crippen molar-refractivity contribution in [2.24, 2.45) is 0 Å². The fraction of sp³-hybridized carbons (Fsp3) is 0.435. The third-order valence-electron chi connectivity index (χ3n) is 5.08. The van der Waals surface area contributed by atoms with Gasteiger partial charge in [-0.3, -0.25) is 9.69 Å². The van der Waals surface area contributed by atoms with Crippen molar-refractivity contribution in [2.75, 3.05) is 58.4 Å². The van der Waals surface area contributed by atoms with Crippen LogP contribution in [0.5, 0.6) is 11.5 Å². The van der Waals surface area contributed by atoms with Gasteiger partial charge in [0.25, 0.3) is 5.91 Å². The van der Waals surface area contributed by atoms with E-state index in [0.717, 1.165) is 60.7 Å². The first kappa shape index (κ1) is 23.5. The van der Waals surface area contributed by atoms with E-state index in [1.54, 1.807) is 7.11 Å². The molecule has 1 aliphatic heterocycles. The molecule has 0 aromatic heterocycles. The number of benzene rings is 2. The number of hydrogen-bond donors (Lipinski definition) is 2. The maximum Gasteiger partial charge on any atom is 0.262 e. The molecule has 31 heavy (non-hydrogen) atoms. The van der Waals surface area contributed by atoms with E-state index in [2.05, 4.69) is 31.5 Å². The first-order valence-corrected chi connectivity index (χ1v) is 11.2. The molecule has 1 saturated heterocycles. The van der Waals surface area contributed by atoms with Crippen LogP contribution in [0, 0.1) is 6.92 Å². The zero-order valence-corrected chi connectivity index (χ0v) is 19.7. The Hall–Kier alpha value is -2.13. The Morgan fingerprint density at radius 2 is 1.90 bits per heavy atom. The summed E-state index contributed by atoms with van der Waals surface area (Å²) in [6.07, 6.45) is 0. The molecule has 2 N–H and O–H groups in total. The molecule has 1 fully saturated rings. The van der Waals surface area contributed by atoms with Crippen LogP contribution in [0.3, 0.4) is 0 Å². The number of carbonyl (C=O) groups excluding carboxylic acids is 1. The van der Waals surface area contributed by atoms with Crippen LogP contribution in [0.15, 0.2) is 40.9 Å². The molecule has 0 spiro atoms. The molecule has 0 aliphatic carbocycles. The lowest BCUT2D eigenvalue weighted by atomic mass is 10.2. The van der Waals surface area contributed by atoms with Gasteiger partial charge in [0.05, 0.1) is 20.3 Å². The van der Waals surface area contributed by atoms with E-state index in [9.17, 15) is 4.79 Å². The van der Waals surface area contributed by atoms with Crippen LogP contribution >= 0.6 is 15.9 Å². The van der Waals surface area contributed by atoms with Crippen molar-refractivity contribution in [1.82, 2.24) is 10.2 Å². The highest BCUT2D eigenvalue weighted by atomic mass is 79.9. The van der Waals surface area contributed by atoms with Crippen molar-refractivity contribution in [3.05, 3.63) is 52.0 Å². The van der Waals surface area contributed by atoms with Gasteiger partial charge in [-0.25, -0.2) is 0 Å². The summed E-state index contributed by atoms with van der Waals surface area (Å²) in [6, 6.07) is 11.4. The van der Waals surface area contributed by atoms with E-state index >= 15 is 0 Å². The summed E-state index contributed by atoms with van der Waals surface area (Å²) in [4.78, 5) is 14.8. The molecule has 0 atom stereocenters.